The Kier molecular flexibility index (Phi) is 2.64. The van der Waals surface area contributed by atoms with E-state index in [9.17, 15) is 9.59 Å². The van der Waals surface area contributed by atoms with Crippen molar-refractivity contribution < 1.29 is 14.3 Å². The van der Waals surface area contributed by atoms with Crippen LogP contribution in [0.3, 0.4) is 0 Å². The molecule has 0 aromatic heterocycles. The largest absolute Gasteiger partial charge is 0.495 e. The van der Waals surface area contributed by atoms with Crippen molar-refractivity contribution in [1.29, 1.82) is 0 Å². The summed E-state index contributed by atoms with van der Waals surface area (Å²) in [6, 6.07) is 5.55. The summed E-state index contributed by atoms with van der Waals surface area (Å²) in [6.07, 6.45) is -0.00249. The molecular formula is C12H13NO3. The molecule has 0 bridgehead atoms. The van der Waals surface area contributed by atoms with Gasteiger partial charge in [0.15, 0.2) is 5.78 Å². The molecule has 1 saturated heterocycles. The SMILES string of the molecule is COc1cccc(C)c1N1CC(=O)CC1=O. The van der Waals surface area contributed by atoms with Gasteiger partial charge in [-0.3, -0.25) is 9.59 Å². The number of ether oxygens (including phenoxy) is 1. The monoisotopic (exact) mass is 219 g/mol. The summed E-state index contributed by atoms with van der Waals surface area (Å²) in [6.45, 7) is 2.05. The Balaban J connectivity index is 2.47. The molecule has 16 heavy (non-hydrogen) atoms. The lowest BCUT2D eigenvalue weighted by Gasteiger charge is -2.20. The minimum Gasteiger partial charge on any atom is -0.495 e. The van der Waals surface area contributed by atoms with Crippen LogP contribution in [-0.2, 0) is 9.59 Å². The number of anilines is 1. The number of nitrogens with zero attached hydrogens (tertiary/aromatic N) is 1. The Labute approximate surface area is 93.8 Å². The molecule has 0 atom stereocenters. The highest BCUT2D eigenvalue weighted by molar-refractivity contribution is 6.15. The normalized spacial score (nSPS) is 15.8. The van der Waals surface area contributed by atoms with Crippen LogP contribution in [0.1, 0.15) is 12.0 Å². The van der Waals surface area contributed by atoms with E-state index in [2.05, 4.69) is 0 Å². The van der Waals surface area contributed by atoms with E-state index < -0.39 is 0 Å². The van der Waals surface area contributed by atoms with Crippen molar-refractivity contribution in [2.45, 2.75) is 13.3 Å². The molecule has 4 heteroatoms. The number of carbonyl (C=O) groups is 2. The van der Waals surface area contributed by atoms with Crippen LogP contribution in [-0.4, -0.2) is 25.3 Å². The molecule has 1 aromatic rings. The minimum absolute atomic E-state index is 0.00249. The quantitative estimate of drug-likeness (QED) is 0.704. The van der Waals surface area contributed by atoms with Gasteiger partial charge in [0.1, 0.15) is 5.75 Å². The second-order valence-corrected chi connectivity index (χ2v) is 3.82. The van der Waals surface area contributed by atoms with E-state index in [4.69, 9.17) is 4.74 Å². The van der Waals surface area contributed by atoms with Crippen molar-refractivity contribution >= 4 is 17.4 Å². The number of Topliss-reactive ketones (excluding diaryl/α,β-unsaturated/α-hetero) is 1. The fourth-order valence-electron chi connectivity index (χ4n) is 1.93. The van der Waals surface area contributed by atoms with Crippen molar-refractivity contribution in [2.24, 2.45) is 0 Å². The van der Waals surface area contributed by atoms with Crippen LogP contribution >= 0.6 is 0 Å². The molecule has 0 saturated carbocycles. The topological polar surface area (TPSA) is 46.6 Å². The lowest BCUT2D eigenvalue weighted by atomic mass is 10.1. The van der Waals surface area contributed by atoms with E-state index in [1.165, 1.54) is 4.90 Å². The summed E-state index contributed by atoms with van der Waals surface area (Å²) < 4.78 is 5.22. The van der Waals surface area contributed by atoms with Gasteiger partial charge in [0.05, 0.1) is 25.8 Å². The Bertz CT molecular complexity index is 454. The third kappa shape index (κ3) is 1.66. The number of carbonyl (C=O) groups excluding carboxylic acids is 2. The fraction of sp³-hybridized carbons (Fsp3) is 0.333. The maximum absolute atomic E-state index is 11.7. The average Bonchev–Trinajstić information content (AvgIpc) is 2.57. The van der Waals surface area contributed by atoms with Gasteiger partial charge in [-0.2, -0.15) is 0 Å². The highest BCUT2D eigenvalue weighted by Crippen LogP contribution is 2.33. The predicted octanol–water partition coefficient (Wildman–Crippen LogP) is 1.31. The maximum Gasteiger partial charge on any atom is 0.235 e. The summed E-state index contributed by atoms with van der Waals surface area (Å²) in [4.78, 5) is 24.4. The third-order valence-corrected chi connectivity index (χ3v) is 2.67. The van der Waals surface area contributed by atoms with Crippen molar-refractivity contribution in [1.82, 2.24) is 0 Å². The first-order chi connectivity index (χ1) is 7.63. The average molecular weight is 219 g/mol. The lowest BCUT2D eigenvalue weighted by molar-refractivity contribution is -0.121. The summed E-state index contributed by atoms with van der Waals surface area (Å²) in [5.41, 5.74) is 1.64. The van der Waals surface area contributed by atoms with Gasteiger partial charge in [0.25, 0.3) is 0 Å². The molecule has 1 fully saturated rings. The number of aryl methyl sites for hydroxylation is 1. The number of ketones is 1. The van der Waals surface area contributed by atoms with E-state index in [1.807, 2.05) is 19.1 Å². The lowest BCUT2D eigenvalue weighted by Crippen LogP contribution is -2.25. The van der Waals surface area contributed by atoms with Crippen LogP contribution in [0.5, 0.6) is 5.75 Å². The molecular weight excluding hydrogens is 206 g/mol. The summed E-state index contributed by atoms with van der Waals surface area (Å²) in [5, 5.41) is 0. The second kappa shape index (κ2) is 3.96. The maximum atomic E-state index is 11.7. The predicted molar refractivity (Wildman–Crippen MR) is 59.7 cm³/mol. The van der Waals surface area contributed by atoms with Crippen LogP contribution in [0.25, 0.3) is 0 Å². The minimum atomic E-state index is -0.155. The fourth-order valence-corrected chi connectivity index (χ4v) is 1.93. The Hall–Kier alpha value is -1.84. The van der Waals surface area contributed by atoms with Crippen molar-refractivity contribution in [3.8, 4) is 5.75 Å². The van der Waals surface area contributed by atoms with Gasteiger partial charge in [-0.15, -0.1) is 0 Å². The van der Waals surface area contributed by atoms with E-state index >= 15 is 0 Å². The van der Waals surface area contributed by atoms with Crippen molar-refractivity contribution in [3.05, 3.63) is 23.8 Å². The summed E-state index contributed by atoms with van der Waals surface area (Å²) in [7, 11) is 1.56. The van der Waals surface area contributed by atoms with Gasteiger partial charge in [-0.05, 0) is 18.6 Å². The molecule has 0 radical (unpaired) electrons. The molecule has 1 aromatic carbocycles. The van der Waals surface area contributed by atoms with Gasteiger partial charge < -0.3 is 9.64 Å². The standard InChI is InChI=1S/C12H13NO3/c1-8-4-3-5-10(16-2)12(8)13-7-9(14)6-11(13)15/h3-5H,6-7H2,1-2H3. The first kappa shape index (κ1) is 10.7. The third-order valence-electron chi connectivity index (χ3n) is 2.67. The number of amides is 1. The smallest absolute Gasteiger partial charge is 0.235 e. The molecule has 1 amide bonds. The van der Waals surface area contributed by atoms with Crippen molar-refractivity contribution in [3.63, 3.8) is 0 Å². The number of hydrogen-bond donors (Lipinski definition) is 0. The van der Waals surface area contributed by atoms with E-state index in [0.29, 0.717) is 11.4 Å². The molecule has 1 aliphatic heterocycles. The molecule has 1 heterocycles. The molecule has 0 unspecified atom stereocenters. The number of methoxy groups -OCH3 is 1. The molecule has 0 N–H and O–H groups in total. The van der Waals surface area contributed by atoms with E-state index in [-0.39, 0.29) is 24.7 Å². The molecule has 0 aliphatic carbocycles. The van der Waals surface area contributed by atoms with Crippen LogP contribution in [0.4, 0.5) is 5.69 Å². The number of hydrogen-bond acceptors (Lipinski definition) is 3. The summed E-state index contributed by atoms with van der Waals surface area (Å²) >= 11 is 0. The second-order valence-electron chi connectivity index (χ2n) is 3.82. The van der Waals surface area contributed by atoms with Gasteiger partial charge in [-0.1, -0.05) is 12.1 Å². The number of para-hydroxylation sites is 1. The Morgan fingerprint density at radius 1 is 1.31 bits per heavy atom. The highest BCUT2D eigenvalue weighted by Gasteiger charge is 2.31. The van der Waals surface area contributed by atoms with Crippen LogP contribution in [0, 0.1) is 6.92 Å². The molecule has 84 valence electrons. The Morgan fingerprint density at radius 2 is 2.06 bits per heavy atom. The first-order valence-electron chi connectivity index (χ1n) is 5.09. The molecule has 2 rings (SSSR count). The van der Waals surface area contributed by atoms with Crippen molar-refractivity contribution in [2.75, 3.05) is 18.6 Å². The van der Waals surface area contributed by atoms with Gasteiger partial charge in [-0.25, -0.2) is 0 Å². The zero-order valence-corrected chi connectivity index (χ0v) is 9.32. The van der Waals surface area contributed by atoms with E-state index in [1.54, 1.807) is 13.2 Å². The number of benzene rings is 1. The molecule has 4 nitrogen and oxygen atoms in total. The summed E-state index contributed by atoms with van der Waals surface area (Å²) in [5.74, 6) is 0.427. The van der Waals surface area contributed by atoms with E-state index in [0.717, 1.165) is 5.56 Å². The Morgan fingerprint density at radius 3 is 2.62 bits per heavy atom. The zero-order valence-electron chi connectivity index (χ0n) is 9.32. The molecule has 0 spiro atoms. The van der Waals surface area contributed by atoms with Crippen LogP contribution in [0.15, 0.2) is 18.2 Å². The zero-order chi connectivity index (χ0) is 11.7. The van der Waals surface area contributed by atoms with Gasteiger partial charge in [0.2, 0.25) is 5.91 Å². The number of rotatable bonds is 2. The van der Waals surface area contributed by atoms with Crippen LogP contribution < -0.4 is 9.64 Å². The molecule has 1 aliphatic rings. The van der Waals surface area contributed by atoms with Gasteiger partial charge in [0, 0.05) is 0 Å². The highest BCUT2D eigenvalue weighted by atomic mass is 16.5. The van der Waals surface area contributed by atoms with Gasteiger partial charge >= 0.3 is 0 Å². The first-order valence-corrected chi connectivity index (χ1v) is 5.09. The van der Waals surface area contributed by atoms with Crippen LogP contribution in [0.2, 0.25) is 0 Å².